The number of carbonyl (C=O) groups excluding carboxylic acids is 2. The molecule has 9 heteroatoms. The molecule has 3 aliphatic heterocycles. The second-order valence-corrected chi connectivity index (χ2v) is 15.6. The van der Waals surface area contributed by atoms with Gasteiger partial charge in [0.1, 0.15) is 0 Å². The van der Waals surface area contributed by atoms with Crippen molar-refractivity contribution in [2.24, 2.45) is 23.7 Å². The highest BCUT2D eigenvalue weighted by Gasteiger charge is 2.58. The standard InChI is InChI=1S/C41H46IN3O5/c1-25(2)30-22-31-38(41(48)45(40(31)47)29-14-17-44(18-15-29)23-26-9-5-4-6-10-26)32-24-50-35(37(30)32)13-12-28(34-11-7-8-16-43-34)19-27-20-33(42)39(46)36(21-27)49-3/h4-11,16,19-21,25,29,31-32,35,38,46H,12-15,17-18,22-24H2,1-3H3/b28-19-/t31-,32+,35-,38-/m1/s1. The number of aromatic hydroxyl groups is 1. The van der Waals surface area contributed by atoms with E-state index in [0.717, 1.165) is 55.7 Å². The van der Waals surface area contributed by atoms with Crippen LogP contribution in [0.15, 0.2) is 78.0 Å². The Hall–Kier alpha value is -3.54. The van der Waals surface area contributed by atoms with Crippen LogP contribution in [-0.2, 0) is 20.9 Å². The van der Waals surface area contributed by atoms with E-state index in [4.69, 9.17) is 9.47 Å². The van der Waals surface area contributed by atoms with Gasteiger partial charge in [-0.15, -0.1) is 0 Å². The summed E-state index contributed by atoms with van der Waals surface area (Å²) in [6.07, 6.45) is 7.50. The smallest absolute Gasteiger partial charge is 0.234 e. The number of imide groups is 1. The number of phenols is 1. The van der Waals surface area contributed by atoms with Crippen molar-refractivity contribution < 1.29 is 24.2 Å². The first-order valence-corrected chi connectivity index (χ1v) is 19.0. The summed E-state index contributed by atoms with van der Waals surface area (Å²) in [5.41, 5.74) is 6.69. The van der Waals surface area contributed by atoms with E-state index in [0.29, 0.717) is 28.8 Å². The fraction of sp³-hybridized carbons (Fsp3) is 0.439. The Morgan fingerprint density at radius 2 is 1.82 bits per heavy atom. The predicted molar refractivity (Wildman–Crippen MR) is 202 cm³/mol. The maximum atomic E-state index is 14.3. The van der Waals surface area contributed by atoms with Gasteiger partial charge in [-0.2, -0.15) is 0 Å². The molecule has 2 aromatic carbocycles. The van der Waals surface area contributed by atoms with Crippen LogP contribution >= 0.6 is 22.6 Å². The van der Waals surface area contributed by atoms with Gasteiger partial charge in [0, 0.05) is 37.8 Å². The summed E-state index contributed by atoms with van der Waals surface area (Å²) < 4.78 is 12.7. The average molecular weight is 788 g/mol. The number of hydrogen-bond donors (Lipinski definition) is 1. The van der Waals surface area contributed by atoms with Crippen molar-refractivity contribution in [2.75, 3.05) is 26.8 Å². The van der Waals surface area contributed by atoms with E-state index in [1.165, 1.54) is 16.7 Å². The van der Waals surface area contributed by atoms with E-state index in [1.807, 2.05) is 36.4 Å². The number of halogens is 1. The number of rotatable bonds is 10. The van der Waals surface area contributed by atoms with Crippen LogP contribution in [0.2, 0.25) is 0 Å². The minimum Gasteiger partial charge on any atom is -0.504 e. The molecule has 7 rings (SSSR count). The number of ether oxygens (including phenoxy) is 2. The predicted octanol–water partition coefficient (Wildman–Crippen LogP) is 7.36. The molecule has 1 aliphatic carbocycles. The van der Waals surface area contributed by atoms with Crippen molar-refractivity contribution >= 4 is 46.1 Å². The van der Waals surface area contributed by atoms with Crippen LogP contribution in [0, 0.1) is 27.2 Å². The third-order valence-corrected chi connectivity index (χ3v) is 11.9. The van der Waals surface area contributed by atoms with Gasteiger partial charge in [-0.3, -0.25) is 24.4 Å². The van der Waals surface area contributed by atoms with Crippen LogP contribution in [-0.4, -0.2) is 70.7 Å². The molecular formula is C41H46IN3O5. The third kappa shape index (κ3) is 6.88. The Labute approximate surface area is 308 Å². The molecule has 0 bridgehead atoms. The summed E-state index contributed by atoms with van der Waals surface area (Å²) >= 11 is 2.12. The zero-order valence-electron chi connectivity index (χ0n) is 29.1. The maximum Gasteiger partial charge on any atom is 0.234 e. The molecule has 8 nitrogen and oxygen atoms in total. The number of likely N-dealkylation sites (tertiary alicyclic amines) is 2. The Morgan fingerprint density at radius 3 is 2.52 bits per heavy atom. The number of allylic oxidation sites excluding steroid dienone is 2. The lowest BCUT2D eigenvalue weighted by atomic mass is 9.67. The zero-order chi connectivity index (χ0) is 34.9. The minimum atomic E-state index is -0.343. The molecule has 2 amide bonds. The fourth-order valence-electron chi connectivity index (χ4n) is 8.67. The van der Waals surface area contributed by atoms with Gasteiger partial charge in [0.25, 0.3) is 0 Å². The normalized spacial score (nSPS) is 24.7. The number of aromatic nitrogens is 1. The highest BCUT2D eigenvalue weighted by Crippen LogP contribution is 2.52. The molecule has 4 heterocycles. The van der Waals surface area contributed by atoms with Crippen molar-refractivity contribution in [1.82, 2.24) is 14.8 Å². The third-order valence-electron chi connectivity index (χ3n) is 11.1. The van der Waals surface area contributed by atoms with Crippen LogP contribution in [0.25, 0.3) is 11.6 Å². The van der Waals surface area contributed by atoms with E-state index in [1.54, 1.807) is 18.2 Å². The first kappa shape index (κ1) is 34.9. The number of nitrogens with zero attached hydrogens (tertiary/aromatic N) is 3. The number of piperidine rings is 1. The van der Waals surface area contributed by atoms with Crippen LogP contribution in [0.3, 0.4) is 0 Å². The van der Waals surface area contributed by atoms with Crippen molar-refractivity contribution in [1.29, 1.82) is 0 Å². The number of hydrogen-bond acceptors (Lipinski definition) is 7. The monoisotopic (exact) mass is 787 g/mol. The Kier molecular flexibility index (Phi) is 10.5. The molecule has 3 aromatic rings. The van der Waals surface area contributed by atoms with E-state index in [2.05, 4.69) is 76.7 Å². The molecule has 3 saturated heterocycles. The molecule has 3 fully saturated rings. The lowest BCUT2D eigenvalue weighted by Crippen LogP contribution is -2.47. The van der Waals surface area contributed by atoms with Crippen molar-refractivity contribution in [2.45, 2.75) is 64.6 Å². The molecule has 0 radical (unpaired) electrons. The first-order chi connectivity index (χ1) is 24.2. The molecule has 0 saturated carbocycles. The number of fused-ring (bicyclic) bond motifs is 3. The molecule has 4 aliphatic rings. The van der Waals surface area contributed by atoms with Gasteiger partial charge < -0.3 is 14.6 Å². The van der Waals surface area contributed by atoms with Crippen LogP contribution in [0.4, 0.5) is 0 Å². The van der Waals surface area contributed by atoms with Gasteiger partial charge in [0.2, 0.25) is 11.8 Å². The van der Waals surface area contributed by atoms with Crippen molar-refractivity contribution in [3.05, 3.63) is 98.4 Å². The van der Waals surface area contributed by atoms with Gasteiger partial charge in [-0.1, -0.05) is 55.8 Å². The van der Waals surface area contributed by atoms with Gasteiger partial charge >= 0.3 is 0 Å². The van der Waals surface area contributed by atoms with E-state index in [-0.39, 0.29) is 53.4 Å². The average Bonchev–Trinajstić information content (AvgIpc) is 3.66. The molecule has 0 spiro atoms. The summed E-state index contributed by atoms with van der Waals surface area (Å²) in [5, 5.41) is 10.4. The molecule has 4 atom stereocenters. The number of phenolic OH excluding ortho intramolecular Hbond substituents is 1. The second-order valence-electron chi connectivity index (χ2n) is 14.4. The molecule has 1 N–H and O–H groups in total. The SMILES string of the molecule is COc1cc(/C=C(/CC[C@H]2OC[C@H]3C2=C(C(C)C)C[C@H]2C(=O)N(C4CCN(Cc5ccccc5)CC4)C(=O)[C@H]23)c2ccccn2)cc(I)c1O. The first-order valence-electron chi connectivity index (χ1n) is 17.9. The second kappa shape index (κ2) is 15.0. The van der Waals surface area contributed by atoms with E-state index in [9.17, 15) is 14.7 Å². The molecule has 1 aromatic heterocycles. The summed E-state index contributed by atoms with van der Waals surface area (Å²) in [5.74, 6) is 0.151. The fourth-order valence-corrected chi connectivity index (χ4v) is 9.29. The van der Waals surface area contributed by atoms with E-state index < -0.39 is 0 Å². The van der Waals surface area contributed by atoms with Gasteiger partial charge in [0.05, 0.1) is 40.9 Å². The van der Waals surface area contributed by atoms with Crippen molar-refractivity contribution in [3.8, 4) is 11.5 Å². The van der Waals surface area contributed by atoms with Gasteiger partial charge in [0.15, 0.2) is 11.5 Å². The number of methoxy groups -OCH3 is 1. The quantitative estimate of drug-likeness (QED) is 0.131. The topological polar surface area (TPSA) is 92.2 Å². The molecule has 50 heavy (non-hydrogen) atoms. The molecule has 0 unspecified atom stereocenters. The van der Waals surface area contributed by atoms with Gasteiger partial charge in [-0.05, 0) is 113 Å². The van der Waals surface area contributed by atoms with Crippen LogP contribution in [0.1, 0.15) is 62.8 Å². The zero-order valence-corrected chi connectivity index (χ0v) is 31.2. The highest BCUT2D eigenvalue weighted by atomic mass is 127. The minimum absolute atomic E-state index is 0.0148. The van der Waals surface area contributed by atoms with Gasteiger partial charge in [-0.25, -0.2) is 0 Å². The lowest BCUT2D eigenvalue weighted by molar-refractivity contribution is -0.144. The number of benzene rings is 2. The van der Waals surface area contributed by atoms with Crippen LogP contribution in [0.5, 0.6) is 11.5 Å². The molecule has 262 valence electrons. The Bertz CT molecular complexity index is 1780. The summed E-state index contributed by atoms with van der Waals surface area (Å²) in [7, 11) is 1.55. The number of amides is 2. The van der Waals surface area contributed by atoms with Crippen LogP contribution < -0.4 is 4.74 Å². The number of pyridine rings is 1. The summed E-state index contributed by atoms with van der Waals surface area (Å²) in [6, 6.07) is 20.1. The highest BCUT2D eigenvalue weighted by molar-refractivity contribution is 14.1. The van der Waals surface area contributed by atoms with Crippen molar-refractivity contribution in [3.63, 3.8) is 0 Å². The lowest BCUT2D eigenvalue weighted by Gasteiger charge is -2.36. The largest absolute Gasteiger partial charge is 0.504 e. The Morgan fingerprint density at radius 1 is 1.06 bits per heavy atom. The van der Waals surface area contributed by atoms with E-state index >= 15 is 0 Å². The summed E-state index contributed by atoms with van der Waals surface area (Å²) in [6.45, 7) is 7.53. The maximum absolute atomic E-state index is 14.3. The Balaban J connectivity index is 1.09. The number of carbonyl (C=O) groups is 2. The summed E-state index contributed by atoms with van der Waals surface area (Å²) in [4.78, 5) is 37.1. The molecular weight excluding hydrogens is 741 g/mol.